The van der Waals surface area contributed by atoms with Gasteiger partial charge in [0.1, 0.15) is 6.04 Å². The van der Waals surface area contributed by atoms with E-state index in [0.717, 1.165) is 4.90 Å². The van der Waals surface area contributed by atoms with Gasteiger partial charge in [0.15, 0.2) is 0 Å². The van der Waals surface area contributed by atoms with Gasteiger partial charge in [0.2, 0.25) is 11.8 Å². The normalized spacial score (nSPS) is 16.6. The van der Waals surface area contributed by atoms with E-state index in [0.29, 0.717) is 0 Å². The molecule has 0 bridgehead atoms. The van der Waals surface area contributed by atoms with Crippen LogP contribution in [0.5, 0.6) is 0 Å². The fourth-order valence-corrected chi connectivity index (χ4v) is 1.58. The van der Waals surface area contributed by atoms with E-state index in [1.165, 1.54) is 0 Å². The molecule has 1 atom stereocenters. The molecule has 1 unspecified atom stereocenters. The minimum absolute atomic E-state index is 0.0878. The molecule has 1 heterocycles. The zero-order chi connectivity index (χ0) is 14.3. The lowest BCUT2D eigenvalue weighted by Crippen LogP contribution is -2.50. The summed E-state index contributed by atoms with van der Waals surface area (Å²) in [4.78, 5) is 34.6. The molecule has 18 heavy (non-hydrogen) atoms. The number of hydrogen-bond donors (Lipinski definition) is 2. The molecule has 1 aliphatic heterocycles. The molecule has 104 valence electrons. The molecule has 1 aliphatic rings. The Labute approximate surface area is 107 Å². The lowest BCUT2D eigenvalue weighted by atomic mass is 10.2. The van der Waals surface area contributed by atoms with Crippen molar-refractivity contribution in [2.75, 3.05) is 6.54 Å². The summed E-state index contributed by atoms with van der Waals surface area (Å²) in [6.45, 7) is 7.82. The maximum absolute atomic E-state index is 11.4. The van der Waals surface area contributed by atoms with Gasteiger partial charge in [0, 0.05) is 25.4 Å². The molecule has 0 radical (unpaired) electrons. The van der Waals surface area contributed by atoms with Gasteiger partial charge >= 0.3 is 5.97 Å². The number of carbonyl (C=O) groups is 3. The zero-order valence-corrected chi connectivity index (χ0v) is 11.4. The highest BCUT2D eigenvalue weighted by Crippen LogP contribution is 2.15. The predicted molar refractivity (Wildman–Crippen MR) is 67.0 cm³/mol. The van der Waals surface area contributed by atoms with Gasteiger partial charge in [-0.25, -0.2) is 4.79 Å². The van der Waals surface area contributed by atoms with Gasteiger partial charge in [-0.05, 0) is 0 Å². The first kappa shape index (κ1) is 16.6. The van der Waals surface area contributed by atoms with E-state index in [2.05, 4.69) is 5.32 Å². The Hall–Kier alpha value is -1.43. The second kappa shape index (κ2) is 7.81. The highest BCUT2D eigenvalue weighted by Gasteiger charge is 2.38. The molecule has 1 saturated heterocycles. The molecule has 1 fully saturated rings. The number of carboxylic acid groups (broad SMARTS) is 1. The number of amides is 2. The number of carboxylic acids is 1. The molecule has 0 spiro atoms. The summed E-state index contributed by atoms with van der Waals surface area (Å²) in [6.07, 6.45) is 0.231. The molecule has 0 aliphatic carbocycles. The van der Waals surface area contributed by atoms with Crippen molar-refractivity contribution in [2.24, 2.45) is 0 Å². The monoisotopic (exact) mass is 258 g/mol. The van der Waals surface area contributed by atoms with Crippen LogP contribution < -0.4 is 5.32 Å². The largest absolute Gasteiger partial charge is 0.480 e. The number of hydrogen-bond acceptors (Lipinski definition) is 4. The minimum atomic E-state index is -1.16. The Balaban J connectivity index is 0.00000137. The van der Waals surface area contributed by atoms with Gasteiger partial charge in [0.25, 0.3) is 0 Å². The fourth-order valence-electron chi connectivity index (χ4n) is 1.58. The van der Waals surface area contributed by atoms with Crippen molar-refractivity contribution >= 4 is 17.8 Å². The van der Waals surface area contributed by atoms with Crippen LogP contribution in [0, 0.1) is 0 Å². The molecule has 6 heteroatoms. The average molecular weight is 258 g/mol. The Bertz CT molecular complexity index is 299. The van der Waals surface area contributed by atoms with Crippen LogP contribution in [-0.2, 0) is 14.4 Å². The van der Waals surface area contributed by atoms with Gasteiger partial charge in [-0.15, -0.1) is 0 Å². The Kier molecular flexibility index (Phi) is 7.19. The molecule has 0 aromatic rings. The Morgan fingerprint density at radius 1 is 1.28 bits per heavy atom. The smallest absolute Gasteiger partial charge is 0.328 e. The van der Waals surface area contributed by atoms with Crippen molar-refractivity contribution in [3.8, 4) is 0 Å². The van der Waals surface area contributed by atoms with Crippen molar-refractivity contribution in [3.63, 3.8) is 0 Å². The van der Waals surface area contributed by atoms with E-state index >= 15 is 0 Å². The van der Waals surface area contributed by atoms with Crippen LogP contribution >= 0.6 is 0 Å². The van der Waals surface area contributed by atoms with Crippen LogP contribution in [0.15, 0.2) is 0 Å². The Morgan fingerprint density at radius 3 is 2.06 bits per heavy atom. The van der Waals surface area contributed by atoms with E-state index in [-0.39, 0.29) is 25.4 Å². The van der Waals surface area contributed by atoms with Crippen molar-refractivity contribution in [1.29, 1.82) is 0 Å². The molecular formula is C12H22N2O4. The highest BCUT2D eigenvalue weighted by atomic mass is 16.4. The third-order valence-electron chi connectivity index (χ3n) is 2.41. The lowest BCUT2D eigenvalue weighted by Gasteiger charge is -2.23. The van der Waals surface area contributed by atoms with E-state index in [4.69, 9.17) is 5.11 Å². The third kappa shape index (κ3) is 4.44. The summed E-state index contributed by atoms with van der Waals surface area (Å²) in [5.74, 6) is -1.96. The van der Waals surface area contributed by atoms with E-state index in [9.17, 15) is 14.4 Å². The van der Waals surface area contributed by atoms with Crippen LogP contribution in [0.25, 0.3) is 0 Å². The number of carbonyl (C=O) groups excluding carboxylic acids is 2. The second-order valence-electron chi connectivity index (χ2n) is 4.07. The van der Waals surface area contributed by atoms with Gasteiger partial charge in [0.05, 0.1) is 0 Å². The fraction of sp³-hybridized carbons (Fsp3) is 0.750. The van der Waals surface area contributed by atoms with E-state index < -0.39 is 23.8 Å². The third-order valence-corrected chi connectivity index (χ3v) is 2.41. The molecular weight excluding hydrogens is 236 g/mol. The first-order chi connectivity index (χ1) is 8.43. The summed E-state index contributed by atoms with van der Waals surface area (Å²) in [7, 11) is 0. The lowest BCUT2D eigenvalue weighted by molar-refractivity contribution is -0.154. The van der Waals surface area contributed by atoms with Gasteiger partial charge in [-0.3, -0.25) is 14.5 Å². The van der Waals surface area contributed by atoms with Crippen molar-refractivity contribution in [2.45, 2.75) is 52.6 Å². The summed E-state index contributed by atoms with van der Waals surface area (Å²) in [5.41, 5.74) is 0. The predicted octanol–water partition coefficient (Wildman–Crippen LogP) is 0.613. The summed E-state index contributed by atoms with van der Waals surface area (Å²) in [5, 5.41) is 11.9. The van der Waals surface area contributed by atoms with Gasteiger partial charge in [-0.1, -0.05) is 27.7 Å². The van der Waals surface area contributed by atoms with Crippen LogP contribution in [0.3, 0.4) is 0 Å². The number of rotatable bonds is 5. The van der Waals surface area contributed by atoms with E-state index in [1.807, 2.05) is 27.7 Å². The van der Waals surface area contributed by atoms with Gasteiger partial charge < -0.3 is 10.4 Å². The molecule has 0 aromatic heterocycles. The zero-order valence-electron chi connectivity index (χ0n) is 11.4. The SMILES string of the molecule is CC.CC(C)NCC(C(=O)O)N1C(=O)CCC1=O. The summed E-state index contributed by atoms with van der Waals surface area (Å²) in [6, 6.07) is -0.987. The highest BCUT2D eigenvalue weighted by molar-refractivity contribution is 6.04. The first-order valence-corrected chi connectivity index (χ1v) is 6.24. The number of imide groups is 1. The molecule has 0 aromatic carbocycles. The molecule has 1 rings (SSSR count). The van der Waals surface area contributed by atoms with Crippen LogP contribution in [0.4, 0.5) is 0 Å². The maximum atomic E-state index is 11.4. The first-order valence-electron chi connectivity index (χ1n) is 6.24. The van der Waals surface area contributed by atoms with Gasteiger partial charge in [-0.2, -0.15) is 0 Å². The summed E-state index contributed by atoms with van der Waals surface area (Å²) >= 11 is 0. The second-order valence-corrected chi connectivity index (χ2v) is 4.07. The van der Waals surface area contributed by atoms with E-state index in [1.54, 1.807) is 0 Å². The van der Waals surface area contributed by atoms with Crippen LogP contribution in [0.1, 0.15) is 40.5 Å². The topological polar surface area (TPSA) is 86.7 Å². The van der Waals surface area contributed by atoms with Crippen molar-refractivity contribution in [1.82, 2.24) is 10.2 Å². The maximum Gasteiger partial charge on any atom is 0.328 e. The van der Waals surface area contributed by atoms with Crippen molar-refractivity contribution < 1.29 is 19.5 Å². The Morgan fingerprint density at radius 2 is 1.72 bits per heavy atom. The number of aliphatic carboxylic acids is 1. The average Bonchev–Trinajstić information content (AvgIpc) is 2.63. The minimum Gasteiger partial charge on any atom is -0.480 e. The quantitative estimate of drug-likeness (QED) is 0.706. The molecule has 6 nitrogen and oxygen atoms in total. The standard InChI is InChI=1S/C10H16N2O4.C2H6/c1-6(2)11-5-7(10(15)16)12-8(13)3-4-9(12)14;1-2/h6-7,11H,3-5H2,1-2H3,(H,15,16);1-2H3. The number of nitrogens with zero attached hydrogens (tertiary/aromatic N) is 1. The number of nitrogens with one attached hydrogen (secondary N) is 1. The van der Waals surface area contributed by atoms with Crippen molar-refractivity contribution in [3.05, 3.63) is 0 Å². The molecule has 2 amide bonds. The summed E-state index contributed by atoms with van der Waals surface area (Å²) < 4.78 is 0. The molecule has 0 saturated carbocycles. The van der Waals surface area contributed by atoms with Crippen LogP contribution in [-0.4, -0.2) is 46.4 Å². The van der Waals surface area contributed by atoms with Crippen LogP contribution in [0.2, 0.25) is 0 Å². The molecule has 2 N–H and O–H groups in total. The number of likely N-dealkylation sites (tertiary alicyclic amines) is 1.